The SMILES string of the molecule is COc1ccc(OC)c(/C(O)=C2\C(=O)C(=O)N(CCN(C)C)C2c2ccc(OC(C)C)c(OC)c2)c1. The zero-order valence-corrected chi connectivity index (χ0v) is 21.8. The maximum Gasteiger partial charge on any atom is 0.295 e. The topological polar surface area (TPSA) is 97.8 Å². The average molecular weight is 499 g/mol. The van der Waals surface area contributed by atoms with Crippen LogP contribution in [-0.4, -0.2) is 81.2 Å². The number of Topliss-reactive ketones (excluding diaryl/α,β-unsaturated/α-hetero) is 1. The molecule has 1 N–H and O–H groups in total. The minimum Gasteiger partial charge on any atom is -0.507 e. The predicted octanol–water partition coefficient (Wildman–Crippen LogP) is 3.48. The molecule has 194 valence electrons. The molecule has 1 saturated heterocycles. The van der Waals surface area contributed by atoms with Gasteiger partial charge in [0.1, 0.15) is 17.3 Å². The van der Waals surface area contributed by atoms with Gasteiger partial charge in [-0.3, -0.25) is 9.59 Å². The van der Waals surface area contributed by atoms with Crippen molar-refractivity contribution in [1.82, 2.24) is 9.80 Å². The number of hydrogen-bond acceptors (Lipinski definition) is 8. The molecule has 0 aliphatic carbocycles. The number of methoxy groups -OCH3 is 3. The summed E-state index contributed by atoms with van der Waals surface area (Å²) in [5.41, 5.74) is 0.813. The van der Waals surface area contributed by atoms with E-state index >= 15 is 0 Å². The second kappa shape index (κ2) is 11.3. The number of ether oxygens (including phenoxy) is 4. The van der Waals surface area contributed by atoms with Crippen molar-refractivity contribution >= 4 is 17.4 Å². The third kappa shape index (κ3) is 5.41. The van der Waals surface area contributed by atoms with Crippen LogP contribution < -0.4 is 18.9 Å². The number of carbonyl (C=O) groups is 2. The maximum absolute atomic E-state index is 13.3. The Kier molecular flexibility index (Phi) is 8.47. The summed E-state index contributed by atoms with van der Waals surface area (Å²) in [5, 5.41) is 11.4. The van der Waals surface area contributed by atoms with Crippen molar-refractivity contribution in [2.24, 2.45) is 0 Å². The van der Waals surface area contributed by atoms with Crippen molar-refractivity contribution in [3.8, 4) is 23.0 Å². The van der Waals surface area contributed by atoms with Crippen LogP contribution in [0.1, 0.15) is 31.0 Å². The Morgan fingerprint density at radius 3 is 2.22 bits per heavy atom. The Labute approximate surface area is 211 Å². The van der Waals surface area contributed by atoms with Gasteiger partial charge in [-0.25, -0.2) is 0 Å². The molecular weight excluding hydrogens is 464 g/mol. The van der Waals surface area contributed by atoms with E-state index in [2.05, 4.69) is 0 Å². The Morgan fingerprint density at radius 1 is 0.972 bits per heavy atom. The van der Waals surface area contributed by atoms with Crippen LogP contribution in [0.4, 0.5) is 0 Å². The minimum absolute atomic E-state index is 0.0371. The van der Waals surface area contributed by atoms with Gasteiger partial charge < -0.3 is 33.9 Å². The summed E-state index contributed by atoms with van der Waals surface area (Å²) in [4.78, 5) is 29.9. The van der Waals surface area contributed by atoms with E-state index in [-0.39, 0.29) is 29.5 Å². The molecule has 0 radical (unpaired) electrons. The van der Waals surface area contributed by atoms with Crippen molar-refractivity contribution in [2.45, 2.75) is 26.0 Å². The monoisotopic (exact) mass is 498 g/mol. The van der Waals surface area contributed by atoms with Crippen molar-refractivity contribution < 1.29 is 33.6 Å². The number of aliphatic hydroxyl groups is 1. The zero-order valence-electron chi connectivity index (χ0n) is 21.8. The number of carbonyl (C=O) groups excluding carboxylic acids is 2. The lowest BCUT2D eigenvalue weighted by Crippen LogP contribution is -2.35. The minimum atomic E-state index is -0.845. The molecule has 36 heavy (non-hydrogen) atoms. The molecule has 1 atom stereocenters. The van der Waals surface area contributed by atoms with Gasteiger partial charge in [-0.15, -0.1) is 0 Å². The average Bonchev–Trinajstić information content (AvgIpc) is 3.11. The quantitative estimate of drug-likeness (QED) is 0.302. The van der Waals surface area contributed by atoms with Crippen molar-refractivity contribution in [3.63, 3.8) is 0 Å². The number of amides is 1. The highest BCUT2D eigenvalue weighted by Crippen LogP contribution is 2.43. The number of likely N-dealkylation sites (tertiary alicyclic amines) is 1. The standard InChI is InChI=1S/C27H34N2O7/c1-16(2)36-21-10-8-17(14-22(21)35-7)24-23(26(31)27(32)29(24)13-12-28(3)4)25(30)19-15-18(33-5)9-11-20(19)34-6/h8-11,14-16,24,30H,12-13H2,1-7H3/b25-23+. The van der Waals surface area contributed by atoms with Crippen LogP contribution in [0.25, 0.3) is 5.76 Å². The highest BCUT2D eigenvalue weighted by atomic mass is 16.5. The third-order valence-corrected chi connectivity index (χ3v) is 5.86. The second-order valence-corrected chi connectivity index (χ2v) is 8.94. The largest absolute Gasteiger partial charge is 0.507 e. The molecule has 1 aliphatic rings. The van der Waals surface area contributed by atoms with Crippen molar-refractivity contribution in [2.75, 3.05) is 48.5 Å². The summed E-state index contributed by atoms with van der Waals surface area (Å²) < 4.78 is 22.1. The van der Waals surface area contributed by atoms with E-state index in [0.717, 1.165) is 0 Å². The number of likely N-dealkylation sites (N-methyl/N-ethyl adjacent to an activating group) is 1. The van der Waals surface area contributed by atoms with E-state index in [4.69, 9.17) is 18.9 Å². The van der Waals surface area contributed by atoms with Gasteiger partial charge in [-0.05, 0) is 63.8 Å². The molecule has 0 saturated carbocycles. The first-order valence-electron chi connectivity index (χ1n) is 11.6. The van der Waals surface area contributed by atoms with Crippen LogP contribution in [-0.2, 0) is 9.59 Å². The lowest BCUT2D eigenvalue weighted by Gasteiger charge is -2.27. The van der Waals surface area contributed by atoms with Crippen LogP contribution >= 0.6 is 0 Å². The number of hydrogen-bond donors (Lipinski definition) is 1. The molecule has 1 aliphatic heterocycles. The first-order chi connectivity index (χ1) is 17.1. The van der Waals surface area contributed by atoms with E-state index < -0.39 is 17.7 Å². The molecule has 0 bridgehead atoms. The molecule has 1 unspecified atom stereocenters. The number of nitrogens with zero attached hydrogens (tertiary/aromatic N) is 2. The van der Waals surface area contributed by atoms with Crippen LogP contribution in [0.15, 0.2) is 42.0 Å². The fraction of sp³-hybridized carbons (Fsp3) is 0.407. The first kappa shape index (κ1) is 26.9. The Balaban J connectivity index is 2.24. The highest BCUT2D eigenvalue weighted by Gasteiger charge is 2.46. The lowest BCUT2D eigenvalue weighted by molar-refractivity contribution is -0.140. The predicted molar refractivity (Wildman–Crippen MR) is 136 cm³/mol. The van der Waals surface area contributed by atoms with Gasteiger partial charge in [0.2, 0.25) is 0 Å². The molecule has 2 aromatic rings. The van der Waals surface area contributed by atoms with Gasteiger partial charge in [-0.2, -0.15) is 0 Å². The Morgan fingerprint density at radius 2 is 1.64 bits per heavy atom. The van der Waals surface area contributed by atoms with E-state index in [0.29, 0.717) is 35.1 Å². The number of benzene rings is 2. The zero-order chi connectivity index (χ0) is 26.6. The van der Waals surface area contributed by atoms with Gasteiger partial charge in [0, 0.05) is 13.1 Å². The Hall–Kier alpha value is -3.72. The summed E-state index contributed by atoms with van der Waals surface area (Å²) in [6.45, 7) is 4.62. The number of ketones is 1. The van der Waals surface area contributed by atoms with Gasteiger partial charge in [0.15, 0.2) is 11.5 Å². The highest BCUT2D eigenvalue weighted by molar-refractivity contribution is 6.46. The van der Waals surface area contributed by atoms with E-state index in [1.165, 1.54) is 26.2 Å². The van der Waals surface area contributed by atoms with Gasteiger partial charge in [0.25, 0.3) is 11.7 Å². The molecule has 0 spiro atoms. The fourth-order valence-electron chi connectivity index (χ4n) is 4.11. The van der Waals surface area contributed by atoms with Crippen LogP contribution in [0.3, 0.4) is 0 Å². The van der Waals surface area contributed by atoms with Crippen molar-refractivity contribution in [1.29, 1.82) is 0 Å². The second-order valence-electron chi connectivity index (χ2n) is 8.94. The molecule has 1 fully saturated rings. The van der Waals surface area contributed by atoms with Gasteiger partial charge >= 0.3 is 0 Å². The van der Waals surface area contributed by atoms with Gasteiger partial charge in [0.05, 0.1) is 44.6 Å². The fourth-order valence-corrected chi connectivity index (χ4v) is 4.11. The molecule has 9 heteroatoms. The maximum atomic E-state index is 13.3. The van der Waals surface area contributed by atoms with Crippen LogP contribution in [0.2, 0.25) is 0 Å². The molecule has 9 nitrogen and oxygen atoms in total. The summed E-state index contributed by atoms with van der Waals surface area (Å²) in [5.74, 6) is -0.0102. The summed E-state index contributed by atoms with van der Waals surface area (Å²) >= 11 is 0. The molecule has 1 amide bonds. The van der Waals surface area contributed by atoms with Crippen molar-refractivity contribution in [3.05, 3.63) is 53.1 Å². The normalized spacial score (nSPS) is 17.1. The summed E-state index contributed by atoms with van der Waals surface area (Å²) in [7, 11) is 8.25. The first-order valence-corrected chi connectivity index (χ1v) is 11.6. The summed E-state index contributed by atoms with van der Waals surface area (Å²) in [6, 6.07) is 9.28. The molecule has 0 aromatic heterocycles. The van der Waals surface area contributed by atoms with E-state index in [1.807, 2.05) is 32.8 Å². The number of rotatable bonds is 10. The van der Waals surface area contributed by atoms with Crippen LogP contribution in [0, 0.1) is 0 Å². The smallest absolute Gasteiger partial charge is 0.295 e. The molecular formula is C27H34N2O7. The van der Waals surface area contributed by atoms with E-state index in [9.17, 15) is 14.7 Å². The van der Waals surface area contributed by atoms with E-state index in [1.54, 1.807) is 36.4 Å². The van der Waals surface area contributed by atoms with Crippen LogP contribution in [0.5, 0.6) is 23.0 Å². The molecule has 2 aromatic carbocycles. The Bertz CT molecular complexity index is 1160. The molecule has 1 heterocycles. The third-order valence-electron chi connectivity index (χ3n) is 5.86. The van der Waals surface area contributed by atoms with Gasteiger partial charge in [-0.1, -0.05) is 6.07 Å². The summed E-state index contributed by atoms with van der Waals surface area (Å²) in [6.07, 6.45) is -0.0731. The number of aliphatic hydroxyl groups excluding tert-OH is 1. The lowest BCUT2D eigenvalue weighted by atomic mass is 9.94. The molecule has 3 rings (SSSR count).